The molecule has 228 valence electrons. The summed E-state index contributed by atoms with van der Waals surface area (Å²) in [7, 11) is 0. The molecule has 4 aliphatic heterocycles. The minimum absolute atomic E-state index is 0.121. The Morgan fingerprint density at radius 3 is 2.52 bits per heavy atom. The molecule has 5 heterocycles. The predicted octanol–water partition coefficient (Wildman–Crippen LogP) is 2.52. The van der Waals surface area contributed by atoms with Crippen LogP contribution in [-0.2, 0) is 25.8 Å². The number of amides is 3. The van der Waals surface area contributed by atoms with Gasteiger partial charge >= 0.3 is 0 Å². The summed E-state index contributed by atoms with van der Waals surface area (Å²) in [6.45, 7) is 1.32. The number of hydrogen-bond donors (Lipinski definition) is 1. The van der Waals surface area contributed by atoms with Crippen molar-refractivity contribution < 1.29 is 24.2 Å². The van der Waals surface area contributed by atoms with Gasteiger partial charge in [-0.1, -0.05) is 72.7 Å². The van der Waals surface area contributed by atoms with Gasteiger partial charge in [-0.25, -0.2) is 4.68 Å². The monoisotopic (exact) mass is 596 g/mol. The van der Waals surface area contributed by atoms with Crippen molar-refractivity contribution in [2.45, 2.75) is 50.1 Å². The molecule has 0 radical (unpaired) electrons. The van der Waals surface area contributed by atoms with Crippen LogP contribution < -0.4 is 4.90 Å². The van der Waals surface area contributed by atoms with Crippen LogP contribution in [0.15, 0.2) is 78.9 Å². The Morgan fingerprint density at radius 2 is 1.68 bits per heavy atom. The molecule has 2 fully saturated rings. The number of hydrogen-bond acceptors (Lipinski definition) is 7. The smallest absolute Gasteiger partial charge is 0.250 e. The molecule has 4 aliphatic rings. The molecule has 2 aromatic carbocycles. The summed E-state index contributed by atoms with van der Waals surface area (Å²) in [5, 5.41) is 17.7. The van der Waals surface area contributed by atoms with Crippen molar-refractivity contribution >= 4 is 34.4 Å². The summed E-state index contributed by atoms with van der Waals surface area (Å²) in [5.41, 5.74) is 1.01. The van der Waals surface area contributed by atoms with E-state index in [2.05, 4.69) is 10.3 Å². The van der Waals surface area contributed by atoms with E-state index in [1.165, 1.54) is 0 Å². The number of ether oxygens (including phenoxy) is 1. The maximum Gasteiger partial charge on any atom is 0.250 e. The Labute approximate surface area is 255 Å². The third-order valence-electron chi connectivity index (χ3n) is 9.34. The van der Waals surface area contributed by atoms with Crippen LogP contribution in [0.25, 0.3) is 11.0 Å². The molecule has 3 aromatic rings. The molecule has 5 atom stereocenters. The number of unbranched alkanes of at least 4 members (excludes halogenated alkanes) is 3. The molecule has 11 heteroatoms. The standard InChI is InChI=1S/C33H36N6O5/c40-21-9-2-1-8-19-38-29-32(43)36(22-39-25-15-7-6-14-24(25)34-35-39)18-11-17-33(29)28(31(38)42)27-26(44-33)16-10-20-37(30(27)41)23-12-4-3-5-13-23/h3-7,10-17,26-29,40H,1-2,8-9,18-22H2/t26-,27+,28-,29?,33-/m0/s1. The number of carbonyl (C=O) groups excluding carboxylic acids is 3. The summed E-state index contributed by atoms with van der Waals surface area (Å²) in [4.78, 5) is 48.3. The Hall–Kier alpha value is -4.35. The molecule has 11 nitrogen and oxygen atoms in total. The van der Waals surface area contributed by atoms with Gasteiger partial charge in [0, 0.05) is 31.9 Å². The summed E-state index contributed by atoms with van der Waals surface area (Å²) < 4.78 is 8.46. The van der Waals surface area contributed by atoms with Crippen molar-refractivity contribution in [1.82, 2.24) is 24.8 Å². The topological polar surface area (TPSA) is 121 Å². The average Bonchev–Trinajstić information content (AvgIpc) is 3.59. The number of aromatic nitrogens is 3. The number of likely N-dealkylation sites (tertiary alicyclic amines) is 1. The molecule has 2 saturated heterocycles. The number of aliphatic hydroxyl groups is 1. The van der Waals surface area contributed by atoms with E-state index >= 15 is 0 Å². The first-order valence-corrected chi connectivity index (χ1v) is 15.4. The zero-order valence-electron chi connectivity index (χ0n) is 24.4. The van der Waals surface area contributed by atoms with Crippen LogP contribution in [0.4, 0.5) is 5.69 Å². The van der Waals surface area contributed by atoms with Crippen molar-refractivity contribution in [3.05, 3.63) is 78.9 Å². The number of benzene rings is 2. The fourth-order valence-corrected chi connectivity index (χ4v) is 7.32. The molecule has 7 rings (SSSR count). The van der Waals surface area contributed by atoms with Gasteiger partial charge in [-0.15, -0.1) is 5.10 Å². The highest BCUT2D eigenvalue weighted by Gasteiger charge is 2.71. The highest BCUT2D eigenvalue weighted by atomic mass is 16.5. The second kappa shape index (κ2) is 11.6. The van der Waals surface area contributed by atoms with E-state index in [0.717, 1.165) is 29.6 Å². The largest absolute Gasteiger partial charge is 0.396 e. The zero-order valence-corrected chi connectivity index (χ0v) is 24.4. The Kier molecular flexibility index (Phi) is 7.51. The van der Waals surface area contributed by atoms with E-state index in [-0.39, 0.29) is 31.0 Å². The molecule has 0 aliphatic carbocycles. The quantitative estimate of drug-likeness (QED) is 0.298. The van der Waals surface area contributed by atoms with Crippen LogP contribution in [0.1, 0.15) is 25.7 Å². The van der Waals surface area contributed by atoms with Crippen LogP contribution in [-0.4, -0.2) is 91.6 Å². The fraction of sp³-hybridized carbons (Fsp3) is 0.424. The van der Waals surface area contributed by atoms with Gasteiger partial charge in [-0.2, -0.15) is 0 Å². The van der Waals surface area contributed by atoms with Crippen LogP contribution in [0.2, 0.25) is 0 Å². The molecule has 1 aromatic heterocycles. The lowest BCUT2D eigenvalue weighted by molar-refractivity contribution is -0.148. The van der Waals surface area contributed by atoms with Gasteiger partial charge in [0.1, 0.15) is 23.8 Å². The molecule has 1 spiro atoms. The lowest BCUT2D eigenvalue weighted by Crippen LogP contribution is -2.55. The lowest BCUT2D eigenvalue weighted by atomic mass is 9.77. The van der Waals surface area contributed by atoms with E-state index in [0.29, 0.717) is 32.5 Å². The molecular weight excluding hydrogens is 560 g/mol. The minimum Gasteiger partial charge on any atom is -0.396 e. The Bertz CT molecular complexity index is 1620. The van der Waals surface area contributed by atoms with Crippen molar-refractivity contribution in [2.75, 3.05) is 31.1 Å². The van der Waals surface area contributed by atoms with Gasteiger partial charge in [-0.05, 0) is 37.1 Å². The summed E-state index contributed by atoms with van der Waals surface area (Å²) in [5.74, 6) is -2.27. The van der Waals surface area contributed by atoms with E-state index < -0.39 is 29.6 Å². The molecular formula is C33H36N6O5. The number of rotatable bonds is 9. The van der Waals surface area contributed by atoms with Crippen molar-refractivity contribution in [1.29, 1.82) is 0 Å². The van der Waals surface area contributed by atoms with E-state index in [4.69, 9.17) is 4.74 Å². The van der Waals surface area contributed by atoms with Gasteiger partial charge in [0.2, 0.25) is 11.8 Å². The van der Waals surface area contributed by atoms with Crippen molar-refractivity contribution in [2.24, 2.45) is 11.8 Å². The van der Waals surface area contributed by atoms with Crippen LogP contribution in [0.3, 0.4) is 0 Å². The Balaban J connectivity index is 1.24. The normalized spacial score (nSPS) is 27.9. The number of fused-ring (bicyclic) bond motifs is 3. The zero-order chi connectivity index (χ0) is 30.3. The van der Waals surface area contributed by atoms with Crippen LogP contribution in [0.5, 0.6) is 0 Å². The SMILES string of the molecule is O=C1C2N(CCCCCCO)C(=O)[C@@H]3[C@@H]4C(=O)N(c5ccccc5)CC=C[C@@H]4O[C@]23C=CCN1Cn1nnc2ccccc21. The first-order valence-electron chi connectivity index (χ1n) is 15.4. The summed E-state index contributed by atoms with van der Waals surface area (Å²) in [6.07, 6.45) is 9.91. The second-order valence-electron chi connectivity index (χ2n) is 11.9. The van der Waals surface area contributed by atoms with Gasteiger partial charge < -0.3 is 24.5 Å². The number of aliphatic hydroxyl groups excluding tert-OH is 1. The fourth-order valence-electron chi connectivity index (χ4n) is 7.32. The lowest BCUT2D eigenvalue weighted by Gasteiger charge is -2.35. The summed E-state index contributed by atoms with van der Waals surface area (Å²) in [6, 6.07) is 16.1. The molecule has 44 heavy (non-hydrogen) atoms. The summed E-state index contributed by atoms with van der Waals surface area (Å²) >= 11 is 0. The highest BCUT2D eigenvalue weighted by Crippen LogP contribution is 2.53. The molecule has 0 bridgehead atoms. The predicted molar refractivity (Wildman–Crippen MR) is 162 cm³/mol. The third kappa shape index (κ3) is 4.62. The number of nitrogens with zero attached hydrogens (tertiary/aromatic N) is 6. The van der Waals surface area contributed by atoms with E-state index in [9.17, 15) is 19.5 Å². The van der Waals surface area contributed by atoms with Crippen LogP contribution in [0, 0.1) is 11.8 Å². The second-order valence-corrected chi connectivity index (χ2v) is 11.9. The van der Waals surface area contributed by atoms with E-state index in [1.807, 2.05) is 78.9 Å². The first-order chi connectivity index (χ1) is 21.5. The average molecular weight is 597 g/mol. The maximum atomic E-state index is 14.6. The molecule has 1 unspecified atom stereocenters. The highest BCUT2D eigenvalue weighted by molar-refractivity contribution is 6.03. The van der Waals surface area contributed by atoms with Gasteiger partial charge in [0.25, 0.3) is 5.91 Å². The molecule has 0 saturated carbocycles. The molecule has 1 N–H and O–H groups in total. The van der Waals surface area contributed by atoms with E-state index in [1.54, 1.807) is 19.4 Å². The Morgan fingerprint density at radius 1 is 0.886 bits per heavy atom. The minimum atomic E-state index is -1.28. The first kappa shape index (κ1) is 28.4. The van der Waals surface area contributed by atoms with Crippen molar-refractivity contribution in [3.8, 4) is 0 Å². The van der Waals surface area contributed by atoms with Gasteiger partial charge in [-0.3, -0.25) is 14.4 Å². The van der Waals surface area contributed by atoms with Crippen LogP contribution >= 0.6 is 0 Å². The number of para-hydroxylation sites is 2. The van der Waals surface area contributed by atoms with Crippen molar-refractivity contribution in [3.63, 3.8) is 0 Å². The van der Waals surface area contributed by atoms with Gasteiger partial charge in [0.05, 0.1) is 23.5 Å². The third-order valence-corrected chi connectivity index (χ3v) is 9.34. The number of anilines is 1. The maximum absolute atomic E-state index is 14.6. The molecule has 3 amide bonds. The van der Waals surface area contributed by atoms with Gasteiger partial charge in [0.15, 0.2) is 0 Å². The number of carbonyl (C=O) groups is 3.